The van der Waals surface area contributed by atoms with Crippen LogP contribution in [0.3, 0.4) is 0 Å². The molecule has 0 bridgehead atoms. The maximum atomic E-state index is 10.8. The molecule has 0 N–H and O–H groups in total. The van der Waals surface area contributed by atoms with Gasteiger partial charge in [0, 0.05) is 15.9 Å². The Bertz CT molecular complexity index is 514. The molecule has 0 saturated heterocycles. The molecule has 4 heteroatoms. The first-order chi connectivity index (χ1) is 12.7. The van der Waals surface area contributed by atoms with Crippen molar-refractivity contribution in [2.24, 2.45) is 0 Å². The zero-order chi connectivity index (χ0) is 19.3. The topological polar surface area (TPSA) is 26.3 Å². The first-order valence-corrected chi connectivity index (χ1v) is 10.3. The zero-order valence-corrected chi connectivity index (χ0v) is 18.2. The lowest BCUT2D eigenvalue weighted by atomic mass is 10.2. The van der Waals surface area contributed by atoms with E-state index in [0.29, 0.717) is 6.42 Å². The summed E-state index contributed by atoms with van der Waals surface area (Å²) in [5.74, 6) is 0. The smallest absolute Gasteiger partial charge is 0.148 e. The molecular formula is C22H34O2P2. The molecular weight excluding hydrogens is 358 g/mol. The molecule has 2 nitrogen and oxygen atoms in total. The molecule has 0 fully saturated rings. The van der Waals surface area contributed by atoms with E-state index in [0.717, 1.165) is 38.5 Å². The minimum Gasteiger partial charge on any atom is -0.358 e. The molecule has 0 radical (unpaired) electrons. The molecule has 0 aliphatic carbocycles. The third kappa shape index (κ3) is 19.3. The van der Waals surface area contributed by atoms with Gasteiger partial charge in [-0.25, -0.2) is 0 Å². The molecule has 0 heterocycles. The highest BCUT2D eigenvalue weighted by molar-refractivity contribution is 7.40. The number of allylic oxidation sites excluding steroid dienone is 10. The van der Waals surface area contributed by atoms with E-state index in [2.05, 4.69) is 92.5 Å². The number of hydrogen-bond acceptors (Lipinski definition) is 2. The van der Waals surface area contributed by atoms with Gasteiger partial charge in [0.2, 0.25) is 0 Å². The highest BCUT2D eigenvalue weighted by Crippen LogP contribution is 2.07. The summed E-state index contributed by atoms with van der Waals surface area (Å²) in [6.07, 6.45) is 31.7. The molecule has 0 aliphatic rings. The predicted octanol–water partition coefficient (Wildman–Crippen LogP) is 6.65. The van der Waals surface area contributed by atoms with Crippen molar-refractivity contribution in [3.63, 3.8) is 0 Å². The molecule has 0 saturated carbocycles. The van der Waals surface area contributed by atoms with Crippen LogP contribution in [0.1, 0.15) is 51.9 Å². The van der Waals surface area contributed by atoms with Crippen LogP contribution in [-0.4, -0.2) is 11.6 Å². The molecule has 0 rings (SSSR count). The Labute approximate surface area is 164 Å². The Hall–Kier alpha value is -1.07. The SMILES string of the molecule is CC/C=C\C/C=C\CC(/C=C\C=C/C/C=C\C/C=C\CCC(=O)P)OP. The highest BCUT2D eigenvalue weighted by Gasteiger charge is 1.97. The largest absolute Gasteiger partial charge is 0.358 e. The Morgan fingerprint density at radius 3 is 2.15 bits per heavy atom. The number of hydrogen-bond donors (Lipinski definition) is 0. The van der Waals surface area contributed by atoms with E-state index in [1.165, 1.54) is 0 Å². The van der Waals surface area contributed by atoms with Crippen LogP contribution in [0.25, 0.3) is 0 Å². The fourth-order valence-electron chi connectivity index (χ4n) is 1.98. The van der Waals surface area contributed by atoms with Crippen molar-refractivity contribution in [2.45, 2.75) is 58.0 Å². The normalized spacial score (nSPS) is 14.3. The molecule has 3 unspecified atom stereocenters. The molecule has 0 aliphatic heterocycles. The average molecular weight is 392 g/mol. The zero-order valence-electron chi connectivity index (χ0n) is 15.9. The maximum Gasteiger partial charge on any atom is 0.148 e. The van der Waals surface area contributed by atoms with Crippen LogP contribution in [0.2, 0.25) is 0 Å². The second-order valence-electron chi connectivity index (χ2n) is 5.73. The van der Waals surface area contributed by atoms with Crippen molar-refractivity contribution >= 4 is 24.2 Å². The standard InChI is InChI=1S/C22H34O2P2/c1-2-3-4-5-12-15-18-21(24-26)19-16-13-10-8-6-7-9-11-14-17-20-22(23)25/h3-4,6-7,10-16,19,21H,2,5,8-9,17-18,20,25-26H2,1H3/b4-3-,7-6-,13-10-,14-11-,15-12-,19-16-. The van der Waals surface area contributed by atoms with Crippen LogP contribution in [0.5, 0.6) is 0 Å². The fraction of sp³-hybridized carbons (Fsp3) is 0.409. The molecule has 26 heavy (non-hydrogen) atoms. The Balaban J connectivity index is 3.87. The molecule has 144 valence electrons. The summed E-state index contributed by atoms with van der Waals surface area (Å²) in [6, 6.07) is 0. The monoisotopic (exact) mass is 392 g/mol. The van der Waals surface area contributed by atoms with Crippen LogP contribution in [-0.2, 0) is 9.32 Å². The summed E-state index contributed by atoms with van der Waals surface area (Å²) in [6.45, 7) is 2.14. The first kappa shape index (κ1) is 24.9. The van der Waals surface area contributed by atoms with E-state index >= 15 is 0 Å². The lowest BCUT2D eigenvalue weighted by Gasteiger charge is -2.06. The second kappa shape index (κ2) is 20.2. The Morgan fingerprint density at radius 2 is 1.50 bits per heavy atom. The third-order valence-corrected chi connectivity index (χ3v) is 4.03. The van der Waals surface area contributed by atoms with Crippen molar-refractivity contribution in [3.8, 4) is 0 Å². The minimum absolute atomic E-state index is 0.0881. The van der Waals surface area contributed by atoms with E-state index in [4.69, 9.17) is 4.52 Å². The highest BCUT2D eigenvalue weighted by atomic mass is 31.0. The lowest BCUT2D eigenvalue weighted by Crippen LogP contribution is -2.00. The third-order valence-electron chi connectivity index (χ3n) is 3.39. The fourth-order valence-corrected chi connectivity index (χ4v) is 2.35. The van der Waals surface area contributed by atoms with Crippen LogP contribution in [0.15, 0.2) is 72.9 Å². The van der Waals surface area contributed by atoms with Crippen molar-refractivity contribution in [3.05, 3.63) is 72.9 Å². The van der Waals surface area contributed by atoms with E-state index in [9.17, 15) is 4.79 Å². The molecule has 0 aromatic rings. The lowest BCUT2D eigenvalue weighted by molar-refractivity contribution is -0.111. The van der Waals surface area contributed by atoms with Crippen molar-refractivity contribution in [2.75, 3.05) is 0 Å². The van der Waals surface area contributed by atoms with Gasteiger partial charge in [-0.05, 0) is 38.5 Å². The van der Waals surface area contributed by atoms with Gasteiger partial charge in [-0.3, -0.25) is 4.79 Å². The second-order valence-corrected chi connectivity index (χ2v) is 6.65. The van der Waals surface area contributed by atoms with E-state index < -0.39 is 0 Å². The summed E-state index contributed by atoms with van der Waals surface area (Å²) in [4.78, 5) is 10.8. The molecule has 0 aromatic carbocycles. The number of rotatable bonds is 15. The summed E-state index contributed by atoms with van der Waals surface area (Å²) >= 11 is 0. The summed E-state index contributed by atoms with van der Waals surface area (Å²) in [5, 5.41) is 0. The van der Waals surface area contributed by atoms with Crippen LogP contribution in [0.4, 0.5) is 0 Å². The maximum absolute atomic E-state index is 10.8. The summed E-state index contributed by atoms with van der Waals surface area (Å²) < 4.78 is 5.37. The Kier molecular flexibility index (Phi) is 19.4. The van der Waals surface area contributed by atoms with Gasteiger partial charge >= 0.3 is 0 Å². The van der Waals surface area contributed by atoms with Crippen molar-refractivity contribution < 1.29 is 9.32 Å². The van der Waals surface area contributed by atoms with E-state index in [-0.39, 0.29) is 11.6 Å². The minimum atomic E-state index is 0.0881. The van der Waals surface area contributed by atoms with Gasteiger partial charge in [-0.2, -0.15) is 0 Å². The Morgan fingerprint density at radius 1 is 0.885 bits per heavy atom. The predicted molar refractivity (Wildman–Crippen MR) is 122 cm³/mol. The van der Waals surface area contributed by atoms with Gasteiger partial charge < -0.3 is 4.52 Å². The molecule has 0 aromatic heterocycles. The van der Waals surface area contributed by atoms with Crippen LogP contribution < -0.4 is 0 Å². The van der Waals surface area contributed by atoms with E-state index in [1.807, 2.05) is 6.08 Å². The molecule has 0 amide bonds. The van der Waals surface area contributed by atoms with Crippen molar-refractivity contribution in [1.82, 2.24) is 0 Å². The summed E-state index contributed by atoms with van der Waals surface area (Å²) in [5.41, 5.74) is 0.165. The van der Waals surface area contributed by atoms with E-state index in [1.54, 1.807) is 0 Å². The summed E-state index contributed by atoms with van der Waals surface area (Å²) in [7, 11) is 4.54. The number of carbonyl (C=O) groups excluding carboxylic acids is 1. The van der Waals surface area contributed by atoms with Crippen molar-refractivity contribution in [1.29, 1.82) is 0 Å². The van der Waals surface area contributed by atoms with Crippen LogP contribution in [0, 0.1) is 0 Å². The van der Waals surface area contributed by atoms with Gasteiger partial charge in [0.05, 0.1) is 6.10 Å². The number of carbonyl (C=O) groups is 1. The quantitative estimate of drug-likeness (QED) is 0.177. The van der Waals surface area contributed by atoms with Gasteiger partial charge in [0.1, 0.15) is 5.52 Å². The van der Waals surface area contributed by atoms with Gasteiger partial charge in [0.25, 0.3) is 0 Å². The first-order valence-electron chi connectivity index (χ1n) is 9.27. The molecule has 0 spiro atoms. The van der Waals surface area contributed by atoms with Gasteiger partial charge in [-0.1, -0.05) is 89.1 Å². The van der Waals surface area contributed by atoms with Gasteiger partial charge in [-0.15, -0.1) is 0 Å². The average Bonchev–Trinajstić information content (AvgIpc) is 2.63. The van der Waals surface area contributed by atoms with Crippen LogP contribution >= 0.6 is 18.7 Å². The van der Waals surface area contributed by atoms with Gasteiger partial charge in [0.15, 0.2) is 0 Å². The molecule has 3 atom stereocenters.